The normalized spacial score (nSPS) is 14.2. The molecular weight excluding hydrogens is 405 g/mol. The number of H-pyrrole nitrogens is 1. The highest BCUT2D eigenvalue weighted by Crippen LogP contribution is 2.39. The summed E-state index contributed by atoms with van der Waals surface area (Å²) in [7, 11) is 0. The van der Waals surface area contributed by atoms with Crippen molar-refractivity contribution in [2.45, 2.75) is 25.4 Å². The first kappa shape index (κ1) is 20.8. The lowest BCUT2D eigenvalue weighted by atomic mass is 9.95. The fourth-order valence-electron chi connectivity index (χ4n) is 3.66. The smallest absolute Gasteiger partial charge is 0.418 e. The minimum Gasteiger partial charge on any atom is -0.472 e. The van der Waals surface area contributed by atoms with E-state index in [1.807, 2.05) is 6.07 Å². The molecule has 1 aliphatic rings. The molecule has 160 valence electrons. The molecule has 0 unspecified atom stereocenters. The summed E-state index contributed by atoms with van der Waals surface area (Å²) < 4.78 is 46.8. The van der Waals surface area contributed by atoms with Crippen LogP contribution in [-0.4, -0.2) is 23.6 Å². The molecule has 2 N–H and O–H groups in total. The maximum atomic E-state index is 13.9. The third kappa shape index (κ3) is 4.82. The number of rotatable bonds is 5. The molecule has 4 nitrogen and oxygen atoms in total. The van der Waals surface area contributed by atoms with Gasteiger partial charge in [-0.2, -0.15) is 13.2 Å². The van der Waals surface area contributed by atoms with Crippen LogP contribution < -0.4 is 5.32 Å². The number of aromatic amines is 1. The topological polar surface area (TPSA) is 58.0 Å². The molecule has 3 aromatic rings. The molecule has 2 heterocycles. The van der Waals surface area contributed by atoms with Crippen molar-refractivity contribution in [2.24, 2.45) is 0 Å². The van der Waals surface area contributed by atoms with Gasteiger partial charge in [-0.05, 0) is 54.3 Å². The number of alkyl halides is 3. The standard InChI is InChI=1S/C24H21F3N2O2/c25-24(26,27)21-14-17(19-10-12-31-15-19)7-4-8-18-13-20(29-22(18)21)9-11-28-23(30)16-5-2-1-3-6-16/h1-3,5-7,10,12-15,29H,4,8-9,11H2,(H,28,30). The molecule has 4 rings (SSSR count). The van der Waals surface area contributed by atoms with Crippen LogP contribution in [0.1, 0.15) is 39.3 Å². The monoisotopic (exact) mass is 426 g/mol. The zero-order valence-corrected chi connectivity index (χ0v) is 16.6. The van der Waals surface area contributed by atoms with E-state index in [1.165, 1.54) is 18.6 Å². The van der Waals surface area contributed by atoms with Crippen molar-refractivity contribution in [1.29, 1.82) is 0 Å². The summed E-state index contributed by atoms with van der Waals surface area (Å²) in [6.45, 7) is 0.316. The Kier molecular flexibility index (Phi) is 5.84. The van der Waals surface area contributed by atoms with E-state index in [1.54, 1.807) is 42.5 Å². The molecule has 31 heavy (non-hydrogen) atoms. The Labute approximate surface area is 177 Å². The first-order valence-corrected chi connectivity index (χ1v) is 9.98. The minimum atomic E-state index is -4.52. The zero-order chi connectivity index (χ0) is 21.8. The fraction of sp³-hybridized carbons (Fsp3) is 0.208. The van der Waals surface area contributed by atoms with Gasteiger partial charge in [-0.1, -0.05) is 24.3 Å². The van der Waals surface area contributed by atoms with E-state index >= 15 is 0 Å². The first-order valence-electron chi connectivity index (χ1n) is 9.98. The zero-order valence-electron chi connectivity index (χ0n) is 16.6. The number of amides is 1. The van der Waals surface area contributed by atoms with E-state index in [0.717, 1.165) is 0 Å². The second kappa shape index (κ2) is 8.71. The lowest BCUT2D eigenvalue weighted by Gasteiger charge is -2.16. The van der Waals surface area contributed by atoms with Gasteiger partial charge in [0.2, 0.25) is 0 Å². The molecular formula is C24H21F3N2O2. The van der Waals surface area contributed by atoms with Gasteiger partial charge in [-0.3, -0.25) is 4.79 Å². The van der Waals surface area contributed by atoms with Crippen LogP contribution in [0, 0.1) is 0 Å². The van der Waals surface area contributed by atoms with E-state index in [2.05, 4.69) is 10.3 Å². The number of halogens is 3. The van der Waals surface area contributed by atoms with Gasteiger partial charge < -0.3 is 14.7 Å². The lowest BCUT2D eigenvalue weighted by molar-refractivity contribution is -0.0691. The van der Waals surface area contributed by atoms with Crippen molar-refractivity contribution in [3.05, 3.63) is 95.2 Å². The maximum absolute atomic E-state index is 13.9. The number of benzene rings is 1. The summed E-state index contributed by atoms with van der Waals surface area (Å²) >= 11 is 0. The van der Waals surface area contributed by atoms with E-state index in [9.17, 15) is 18.0 Å². The van der Waals surface area contributed by atoms with Crippen LogP contribution in [0.25, 0.3) is 11.1 Å². The minimum absolute atomic E-state index is 0.0889. The number of hydrogen-bond acceptors (Lipinski definition) is 2. The van der Waals surface area contributed by atoms with Crippen LogP contribution in [0.5, 0.6) is 0 Å². The van der Waals surface area contributed by atoms with E-state index in [4.69, 9.17) is 4.42 Å². The SMILES string of the molecule is O=C(NCCc1cc2c([nH]1)C(C(F)(F)F)=CC(c1ccoc1)=CCC2)c1ccccc1. The van der Waals surface area contributed by atoms with E-state index in [-0.39, 0.29) is 11.6 Å². The largest absolute Gasteiger partial charge is 0.472 e. The molecule has 1 amide bonds. The van der Waals surface area contributed by atoms with Gasteiger partial charge >= 0.3 is 6.18 Å². The van der Waals surface area contributed by atoms with Gasteiger partial charge in [0.1, 0.15) is 0 Å². The predicted octanol–water partition coefficient (Wildman–Crippen LogP) is 5.56. The quantitative estimate of drug-likeness (QED) is 0.562. The molecule has 0 radical (unpaired) electrons. The van der Waals surface area contributed by atoms with Crippen molar-refractivity contribution in [3.63, 3.8) is 0 Å². The van der Waals surface area contributed by atoms with Crippen molar-refractivity contribution in [1.82, 2.24) is 10.3 Å². The van der Waals surface area contributed by atoms with Gasteiger partial charge in [0, 0.05) is 29.8 Å². The van der Waals surface area contributed by atoms with E-state index < -0.39 is 11.7 Å². The van der Waals surface area contributed by atoms with Crippen molar-refractivity contribution >= 4 is 17.1 Å². The number of aromatic nitrogens is 1. The molecule has 0 bridgehead atoms. The highest BCUT2D eigenvalue weighted by atomic mass is 19.4. The Morgan fingerprint density at radius 3 is 2.68 bits per heavy atom. The van der Waals surface area contributed by atoms with Gasteiger partial charge in [0.05, 0.1) is 23.8 Å². The summed E-state index contributed by atoms with van der Waals surface area (Å²) in [5.41, 5.74) is 2.29. The van der Waals surface area contributed by atoms with Crippen LogP contribution in [0.3, 0.4) is 0 Å². The molecule has 7 heteroatoms. The lowest BCUT2D eigenvalue weighted by Crippen LogP contribution is -2.25. The molecule has 1 aromatic carbocycles. The highest BCUT2D eigenvalue weighted by molar-refractivity contribution is 5.94. The Balaban J connectivity index is 1.54. The third-order valence-corrected chi connectivity index (χ3v) is 5.18. The highest BCUT2D eigenvalue weighted by Gasteiger charge is 2.37. The van der Waals surface area contributed by atoms with E-state index in [0.29, 0.717) is 53.8 Å². The van der Waals surface area contributed by atoms with Crippen molar-refractivity contribution < 1.29 is 22.4 Å². The average molecular weight is 426 g/mol. The predicted molar refractivity (Wildman–Crippen MR) is 112 cm³/mol. The molecule has 0 fully saturated rings. The average Bonchev–Trinajstić information content (AvgIpc) is 3.39. The first-order chi connectivity index (χ1) is 14.9. The van der Waals surface area contributed by atoms with Crippen LogP contribution in [-0.2, 0) is 12.8 Å². The number of carbonyl (C=O) groups excluding carboxylic acids is 1. The van der Waals surface area contributed by atoms with Crippen LogP contribution in [0.4, 0.5) is 13.2 Å². The Morgan fingerprint density at radius 1 is 1.16 bits per heavy atom. The number of carbonyl (C=O) groups is 1. The van der Waals surface area contributed by atoms with Crippen molar-refractivity contribution in [2.75, 3.05) is 6.54 Å². The summed E-state index contributed by atoms with van der Waals surface area (Å²) in [6.07, 6.45) is 2.82. The number of furan rings is 1. The Bertz CT molecular complexity index is 1110. The number of hydrogen-bond donors (Lipinski definition) is 2. The van der Waals surface area contributed by atoms with Crippen molar-refractivity contribution in [3.8, 4) is 0 Å². The summed E-state index contributed by atoms with van der Waals surface area (Å²) in [5.74, 6) is -0.213. The molecule has 0 spiro atoms. The molecule has 0 atom stereocenters. The van der Waals surface area contributed by atoms with Gasteiger partial charge in [0.25, 0.3) is 5.91 Å². The molecule has 0 aliphatic heterocycles. The summed E-state index contributed by atoms with van der Waals surface area (Å²) in [5, 5.41) is 2.80. The van der Waals surface area contributed by atoms with Gasteiger partial charge in [0.15, 0.2) is 0 Å². The van der Waals surface area contributed by atoms with Crippen LogP contribution >= 0.6 is 0 Å². The Morgan fingerprint density at radius 2 is 1.97 bits per heavy atom. The van der Waals surface area contributed by atoms with Crippen LogP contribution in [0.15, 0.2) is 71.6 Å². The number of nitrogens with one attached hydrogen (secondary N) is 2. The third-order valence-electron chi connectivity index (χ3n) is 5.18. The number of allylic oxidation sites excluding steroid dienone is 4. The molecule has 0 saturated carbocycles. The summed E-state index contributed by atoms with van der Waals surface area (Å²) in [6, 6.07) is 12.2. The fourth-order valence-corrected chi connectivity index (χ4v) is 3.66. The Hall–Kier alpha value is -3.48. The molecule has 0 saturated heterocycles. The molecule has 1 aliphatic carbocycles. The maximum Gasteiger partial charge on any atom is 0.418 e. The second-order valence-electron chi connectivity index (χ2n) is 7.33. The number of fused-ring (bicyclic) bond motifs is 1. The second-order valence-corrected chi connectivity index (χ2v) is 7.33. The number of aryl methyl sites for hydroxylation is 1. The van der Waals surface area contributed by atoms with Gasteiger partial charge in [-0.25, -0.2) is 0 Å². The van der Waals surface area contributed by atoms with Crippen LogP contribution in [0.2, 0.25) is 0 Å². The molecule has 2 aromatic heterocycles. The summed E-state index contributed by atoms with van der Waals surface area (Å²) in [4.78, 5) is 15.1. The van der Waals surface area contributed by atoms with Gasteiger partial charge in [-0.15, -0.1) is 0 Å².